The van der Waals surface area contributed by atoms with Crippen LogP contribution in [0.2, 0.25) is 0 Å². The number of aromatic nitrogens is 1. The highest BCUT2D eigenvalue weighted by molar-refractivity contribution is 6.12. The molecule has 0 radical (unpaired) electrons. The molecule has 0 bridgehead atoms. The van der Waals surface area contributed by atoms with E-state index in [2.05, 4.69) is 30.1 Å². The van der Waals surface area contributed by atoms with Crippen LogP contribution in [-0.2, 0) is 0 Å². The van der Waals surface area contributed by atoms with Crippen LogP contribution in [-0.4, -0.2) is 31.6 Å². The Labute approximate surface area is 171 Å². The van der Waals surface area contributed by atoms with Crippen molar-refractivity contribution in [2.45, 2.75) is 27.2 Å². The van der Waals surface area contributed by atoms with Crippen LogP contribution in [0.25, 0.3) is 17.0 Å². The first kappa shape index (κ1) is 20.5. The summed E-state index contributed by atoms with van der Waals surface area (Å²) < 4.78 is 16.7. The lowest BCUT2D eigenvalue weighted by Crippen LogP contribution is -2.05. The number of methoxy groups -OCH3 is 2. The minimum Gasteiger partial charge on any atom is -0.493 e. The van der Waals surface area contributed by atoms with Gasteiger partial charge in [0.2, 0.25) is 5.75 Å². The second-order valence-electron chi connectivity index (χ2n) is 7.01. The molecule has 0 spiro atoms. The van der Waals surface area contributed by atoms with E-state index >= 15 is 0 Å². The van der Waals surface area contributed by atoms with Crippen LogP contribution >= 0.6 is 0 Å². The average molecular weight is 393 g/mol. The van der Waals surface area contributed by atoms with Gasteiger partial charge < -0.3 is 19.2 Å². The van der Waals surface area contributed by atoms with Crippen LogP contribution in [0.5, 0.6) is 17.2 Å². The quantitative estimate of drug-likeness (QED) is 0.401. The number of rotatable bonds is 8. The fourth-order valence-electron chi connectivity index (χ4n) is 3.27. The molecule has 5 heteroatoms. The van der Waals surface area contributed by atoms with Crippen molar-refractivity contribution < 1.29 is 19.0 Å². The third-order valence-electron chi connectivity index (χ3n) is 4.77. The molecule has 0 amide bonds. The van der Waals surface area contributed by atoms with Gasteiger partial charge in [-0.3, -0.25) is 4.79 Å². The Morgan fingerprint density at radius 1 is 1.10 bits per heavy atom. The summed E-state index contributed by atoms with van der Waals surface area (Å²) in [6.07, 6.45) is 4.68. The molecule has 2 aromatic carbocycles. The highest BCUT2D eigenvalue weighted by atomic mass is 16.5. The molecule has 0 atom stereocenters. The summed E-state index contributed by atoms with van der Waals surface area (Å²) in [5.74, 6) is 1.39. The summed E-state index contributed by atoms with van der Waals surface area (Å²) in [5.41, 5.74) is 4.34. The highest BCUT2D eigenvalue weighted by Crippen LogP contribution is 2.39. The monoisotopic (exact) mass is 393 g/mol. The molecule has 0 aliphatic rings. The summed E-state index contributed by atoms with van der Waals surface area (Å²) in [4.78, 5) is 16.4. The minimum atomic E-state index is -0.0925. The van der Waals surface area contributed by atoms with Crippen molar-refractivity contribution in [3.63, 3.8) is 0 Å². The topological polar surface area (TPSA) is 60.5 Å². The number of aryl methyl sites for hydroxylation is 1. The van der Waals surface area contributed by atoms with Crippen LogP contribution in [0, 0.1) is 6.92 Å². The Hall–Kier alpha value is -3.21. The van der Waals surface area contributed by atoms with Crippen LogP contribution < -0.4 is 14.2 Å². The van der Waals surface area contributed by atoms with E-state index in [1.165, 1.54) is 5.56 Å². The number of carbonyl (C=O) groups excluding carboxylic acids is 1. The van der Waals surface area contributed by atoms with Crippen LogP contribution in [0.4, 0.5) is 0 Å². The van der Waals surface area contributed by atoms with E-state index < -0.39 is 0 Å². The molecule has 0 saturated carbocycles. The second kappa shape index (κ2) is 8.86. The number of fused-ring (bicyclic) bond motifs is 1. The molecule has 3 aromatic rings. The van der Waals surface area contributed by atoms with Crippen molar-refractivity contribution in [2.75, 3.05) is 20.8 Å². The zero-order chi connectivity index (χ0) is 21.0. The lowest BCUT2D eigenvalue weighted by molar-refractivity contribution is 0.103. The van der Waals surface area contributed by atoms with Gasteiger partial charge in [-0.25, -0.2) is 0 Å². The Morgan fingerprint density at radius 2 is 1.79 bits per heavy atom. The molecule has 1 heterocycles. The lowest BCUT2D eigenvalue weighted by atomic mass is 10.0. The molecule has 5 nitrogen and oxygen atoms in total. The van der Waals surface area contributed by atoms with E-state index in [-0.39, 0.29) is 5.78 Å². The summed E-state index contributed by atoms with van der Waals surface area (Å²) in [6, 6.07) is 9.62. The molecule has 29 heavy (non-hydrogen) atoms. The predicted octanol–water partition coefficient (Wildman–Crippen LogP) is 5.57. The van der Waals surface area contributed by atoms with Crippen LogP contribution in [0.1, 0.15) is 41.8 Å². The van der Waals surface area contributed by atoms with Gasteiger partial charge in [-0.15, -0.1) is 0 Å². The van der Waals surface area contributed by atoms with Gasteiger partial charge in [0.05, 0.1) is 20.8 Å². The molecule has 1 N–H and O–H groups in total. The molecule has 152 valence electrons. The van der Waals surface area contributed by atoms with Crippen molar-refractivity contribution >= 4 is 22.8 Å². The first-order valence-electron chi connectivity index (χ1n) is 9.68. The number of Topliss-reactive ketones (excluding diaryl/α,β-unsaturated/α-hetero) is 1. The molecule has 0 aliphatic heterocycles. The molecular weight excluding hydrogens is 366 g/mol. The number of carbonyl (C=O) groups is 1. The molecule has 0 saturated heterocycles. The van der Waals surface area contributed by atoms with Gasteiger partial charge in [-0.05, 0) is 55.7 Å². The van der Waals surface area contributed by atoms with E-state index in [1.807, 2.05) is 26.1 Å². The number of ether oxygens (including phenoxy) is 3. The molecule has 0 aliphatic carbocycles. The number of benzene rings is 2. The van der Waals surface area contributed by atoms with Gasteiger partial charge in [0.1, 0.15) is 0 Å². The van der Waals surface area contributed by atoms with E-state index in [4.69, 9.17) is 14.2 Å². The molecule has 0 fully saturated rings. The first-order valence-corrected chi connectivity index (χ1v) is 9.68. The third kappa shape index (κ3) is 4.29. The highest BCUT2D eigenvalue weighted by Gasteiger charge is 2.18. The summed E-state index contributed by atoms with van der Waals surface area (Å²) in [7, 11) is 3.11. The van der Waals surface area contributed by atoms with E-state index in [1.54, 1.807) is 26.4 Å². The van der Waals surface area contributed by atoms with Gasteiger partial charge in [-0.1, -0.05) is 19.1 Å². The van der Waals surface area contributed by atoms with Crippen molar-refractivity contribution in [3.8, 4) is 17.2 Å². The van der Waals surface area contributed by atoms with Gasteiger partial charge in [0.15, 0.2) is 17.3 Å². The summed E-state index contributed by atoms with van der Waals surface area (Å²) in [6.45, 7) is 6.44. The number of allylic oxidation sites excluding steroid dienone is 1. The average Bonchev–Trinajstić information content (AvgIpc) is 3.12. The lowest BCUT2D eigenvalue weighted by Gasteiger charge is -2.15. The van der Waals surface area contributed by atoms with E-state index in [9.17, 15) is 4.79 Å². The number of nitrogens with one attached hydrogen (secondary N) is 1. The maximum atomic E-state index is 13.1. The van der Waals surface area contributed by atoms with Crippen molar-refractivity contribution in [1.82, 2.24) is 4.98 Å². The van der Waals surface area contributed by atoms with E-state index in [0.29, 0.717) is 35.0 Å². The fourth-order valence-corrected chi connectivity index (χ4v) is 3.27. The van der Waals surface area contributed by atoms with Crippen molar-refractivity contribution in [3.05, 3.63) is 58.8 Å². The first-order chi connectivity index (χ1) is 14.0. The number of aromatic amines is 1. The normalized spacial score (nSPS) is 11.6. The molecule has 3 rings (SSSR count). The predicted molar refractivity (Wildman–Crippen MR) is 116 cm³/mol. The Kier molecular flexibility index (Phi) is 6.27. The number of ketones is 1. The molecule has 1 aromatic heterocycles. The standard InChI is InChI=1S/C24H27NO4/c1-6-9-29-24-21(27-4)12-17(13-22(24)28-5)23(26)16(3)11-18-14-25-20-10-15(2)7-8-19(18)20/h7-8,10-14,25H,6,9H2,1-5H3. The maximum absolute atomic E-state index is 13.1. The van der Waals surface area contributed by atoms with Gasteiger partial charge in [0, 0.05) is 28.2 Å². The van der Waals surface area contributed by atoms with E-state index in [0.717, 1.165) is 22.9 Å². The van der Waals surface area contributed by atoms with Gasteiger partial charge >= 0.3 is 0 Å². The van der Waals surface area contributed by atoms with Gasteiger partial charge in [-0.2, -0.15) is 0 Å². The number of hydrogen-bond donors (Lipinski definition) is 1. The molecular formula is C24H27NO4. The SMILES string of the molecule is CCCOc1c(OC)cc(C(=O)C(C)=Cc2c[nH]c3cc(C)ccc23)cc1OC. The zero-order valence-corrected chi connectivity index (χ0v) is 17.6. The number of H-pyrrole nitrogens is 1. The largest absolute Gasteiger partial charge is 0.493 e. The fraction of sp³-hybridized carbons (Fsp3) is 0.292. The number of hydrogen-bond acceptors (Lipinski definition) is 4. The smallest absolute Gasteiger partial charge is 0.203 e. The Bertz CT molecular complexity index is 1040. The van der Waals surface area contributed by atoms with Crippen LogP contribution in [0.15, 0.2) is 42.1 Å². The van der Waals surface area contributed by atoms with Crippen molar-refractivity contribution in [2.24, 2.45) is 0 Å². The summed E-state index contributed by atoms with van der Waals surface area (Å²) in [5, 5.41) is 1.08. The maximum Gasteiger partial charge on any atom is 0.203 e. The van der Waals surface area contributed by atoms with Gasteiger partial charge in [0.25, 0.3) is 0 Å². The third-order valence-corrected chi connectivity index (χ3v) is 4.77. The molecule has 0 unspecified atom stereocenters. The van der Waals surface area contributed by atoms with Crippen LogP contribution in [0.3, 0.4) is 0 Å². The van der Waals surface area contributed by atoms with Crippen molar-refractivity contribution in [1.29, 1.82) is 0 Å². The summed E-state index contributed by atoms with van der Waals surface area (Å²) >= 11 is 0. The Morgan fingerprint density at radius 3 is 2.41 bits per heavy atom. The Balaban J connectivity index is 1.97. The zero-order valence-electron chi connectivity index (χ0n) is 17.6. The minimum absolute atomic E-state index is 0.0925. The second-order valence-corrected chi connectivity index (χ2v) is 7.01.